The minimum atomic E-state index is -0.541. The molecule has 64 valence electrons. The predicted molar refractivity (Wildman–Crippen MR) is 54.5 cm³/mol. The number of hydrogen-bond acceptors (Lipinski definition) is 4. The zero-order chi connectivity index (χ0) is 8.15. The lowest BCUT2D eigenvalue weighted by Crippen LogP contribution is -2.16. The van der Waals surface area contributed by atoms with E-state index in [2.05, 4.69) is 25.6 Å². The standard InChI is InChI=1S/C5H11NO2S2.Mg.2H/c1-4(2)3-8-5(7)6(9)10;;;/h4,9-10H,3H2,1-2H3;;;. The molecule has 0 saturated heterocycles. The predicted octanol–water partition coefficient (Wildman–Crippen LogP) is 0.854. The van der Waals surface area contributed by atoms with E-state index in [-0.39, 0.29) is 23.1 Å². The van der Waals surface area contributed by atoms with Crippen LogP contribution in [-0.4, -0.2) is 39.5 Å². The van der Waals surface area contributed by atoms with E-state index in [1.165, 1.54) is 0 Å². The van der Waals surface area contributed by atoms with Crippen LogP contribution in [0.15, 0.2) is 0 Å². The maximum absolute atomic E-state index is 10.6. The molecule has 11 heavy (non-hydrogen) atoms. The summed E-state index contributed by atoms with van der Waals surface area (Å²) in [7, 11) is 0. The van der Waals surface area contributed by atoms with E-state index in [1.54, 1.807) is 0 Å². The number of rotatable bonds is 2. The van der Waals surface area contributed by atoms with Crippen LogP contribution in [0.25, 0.3) is 0 Å². The van der Waals surface area contributed by atoms with Gasteiger partial charge in [-0.15, -0.1) is 0 Å². The number of thiol groups is 2. The quantitative estimate of drug-likeness (QED) is 0.520. The molecule has 0 saturated carbocycles. The Bertz CT molecular complexity index is 121. The monoisotopic (exact) mass is 207 g/mol. The molecule has 0 atom stereocenters. The lowest BCUT2D eigenvalue weighted by Gasteiger charge is -2.09. The van der Waals surface area contributed by atoms with Gasteiger partial charge in [-0.25, -0.2) is 4.79 Å². The Morgan fingerprint density at radius 1 is 1.55 bits per heavy atom. The summed E-state index contributed by atoms with van der Waals surface area (Å²) in [6, 6.07) is 0. The van der Waals surface area contributed by atoms with E-state index in [0.717, 1.165) is 3.71 Å². The maximum atomic E-state index is 10.6. The van der Waals surface area contributed by atoms with Crippen molar-refractivity contribution in [3.05, 3.63) is 0 Å². The molecule has 0 aliphatic heterocycles. The lowest BCUT2D eigenvalue weighted by molar-refractivity contribution is 0.129. The first-order valence-electron chi connectivity index (χ1n) is 2.88. The van der Waals surface area contributed by atoms with E-state index in [9.17, 15) is 4.79 Å². The molecule has 0 aromatic carbocycles. The summed E-state index contributed by atoms with van der Waals surface area (Å²) >= 11 is 7.24. The molecule has 0 fully saturated rings. The molecule has 0 unspecified atom stereocenters. The van der Waals surface area contributed by atoms with E-state index >= 15 is 0 Å². The summed E-state index contributed by atoms with van der Waals surface area (Å²) < 4.78 is 5.51. The van der Waals surface area contributed by atoms with Gasteiger partial charge in [0.1, 0.15) is 0 Å². The van der Waals surface area contributed by atoms with Crippen LogP contribution >= 0.6 is 25.6 Å². The van der Waals surface area contributed by atoms with Gasteiger partial charge in [-0.05, 0) is 31.5 Å². The lowest BCUT2D eigenvalue weighted by atomic mass is 10.2. The van der Waals surface area contributed by atoms with Crippen LogP contribution in [0.2, 0.25) is 0 Å². The minimum absolute atomic E-state index is 0. The minimum Gasteiger partial charge on any atom is -0.448 e. The second-order valence-electron chi connectivity index (χ2n) is 2.26. The molecule has 1 amide bonds. The topological polar surface area (TPSA) is 29.5 Å². The van der Waals surface area contributed by atoms with Gasteiger partial charge in [0.15, 0.2) is 0 Å². The fourth-order valence-electron chi connectivity index (χ4n) is 0.296. The van der Waals surface area contributed by atoms with Crippen LogP contribution < -0.4 is 0 Å². The number of amides is 1. The number of nitrogens with zero attached hydrogens (tertiary/aromatic N) is 1. The SMILES string of the molecule is CC(C)COC(=O)N(S)S.[MgH2]. The van der Waals surface area contributed by atoms with E-state index in [1.807, 2.05) is 13.8 Å². The van der Waals surface area contributed by atoms with E-state index < -0.39 is 6.09 Å². The molecule has 6 heteroatoms. The average Bonchev–Trinajstić information content (AvgIpc) is 1.82. The summed E-state index contributed by atoms with van der Waals surface area (Å²) in [5.41, 5.74) is 0. The van der Waals surface area contributed by atoms with E-state index in [4.69, 9.17) is 4.74 Å². The Balaban J connectivity index is 0. The molecule has 0 aromatic heterocycles. The third kappa shape index (κ3) is 8.64. The van der Waals surface area contributed by atoms with Gasteiger partial charge in [0.2, 0.25) is 0 Å². The van der Waals surface area contributed by atoms with Crippen molar-refractivity contribution in [2.75, 3.05) is 6.61 Å². The Morgan fingerprint density at radius 3 is 2.27 bits per heavy atom. The Kier molecular flexibility index (Phi) is 9.59. The number of carbonyl (C=O) groups excluding carboxylic acids is 1. The van der Waals surface area contributed by atoms with Crippen molar-refractivity contribution in [1.29, 1.82) is 0 Å². The first kappa shape index (κ1) is 14.3. The summed E-state index contributed by atoms with van der Waals surface area (Å²) in [6.45, 7) is 4.31. The Labute approximate surface area is 94.1 Å². The second kappa shape index (κ2) is 7.39. The van der Waals surface area contributed by atoms with Crippen LogP contribution in [0.4, 0.5) is 4.79 Å². The number of hydrogen-bond donors (Lipinski definition) is 2. The molecule has 0 spiro atoms. The molecule has 3 nitrogen and oxygen atoms in total. The molecule has 0 aliphatic rings. The van der Waals surface area contributed by atoms with Crippen LogP contribution in [-0.2, 0) is 4.74 Å². The number of ether oxygens (including phenoxy) is 1. The van der Waals surface area contributed by atoms with Crippen molar-refractivity contribution in [1.82, 2.24) is 3.71 Å². The van der Waals surface area contributed by atoms with Gasteiger partial charge in [-0.1, -0.05) is 13.8 Å². The zero-order valence-electron chi connectivity index (χ0n) is 5.94. The van der Waals surface area contributed by atoms with Gasteiger partial charge in [-0.3, -0.25) is 0 Å². The molecule has 0 bridgehead atoms. The van der Waals surface area contributed by atoms with Gasteiger partial charge < -0.3 is 4.74 Å². The fourth-order valence-corrected chi connectivity index (χ4v) is 0.411. The summed E-state index contributed by atoms with van der Waals surface area (Å²) in [6.07, 6.45) is -0.541. The maximum Gasteiger partial charge on any atom is 0.429 e. The van der Waals surface area contributed by atoms with Gasteiger partial charge in [-0.2, -0.15) is 3.71 Å². The summed E-state index contributed by atoms with van der Waals surface area (Å²) in [5.74, 6) is 0.338. The Hall–Kier alpha value is 0.736. The fraction of sp³-hybridized carbons (Fsp3) is 0.800. The number of carbonyl (C=O) groups is 1. The third-order valence-electron chi connectivity index (χ3n) is 0.703. The van der Waals surface area contributed by atoms with Crippen LogP contribution in [0.3, 0.4) is 0 Å². The van der Waals surface area contributed by atoms with E-state index in [0.29, 0.717) is 12.5 Å². The van der Waals surface area contributed by atoms with Gasteiger partial charge in [0, 0.05) is 0 Å². The van der Waals surface area contributed by atoms with Crippen molar-refractivity contribution < 1.29 is 9.53 Å². The third-order valence-corrected chi connectivity index (χ3v) is 1.03. The van der Waals surface area contributed by atoms with Crippen molar-refractivity contribution in [2.45, 2.75) is 13.8 Å². The molecule has 0 heterocycles. The zero-order valence-corrected chi connectivity index (χ0v) is 7.73. The van der Waals surface area contributed by atoms with Crippen LogP contribution in [0.5, 0.6) is 0 Å². The Morgan fingerprint density at radius 2 is 2.00 bits per heavy atom. The normalized spacial score (nSPS) is 8.82. The highest BCUT2D eigenvalue weighted by molar-refractivity contribution is 7.94. The van der Waals surface area contributed by atoms with Crippen molar-refractivity contribution in [3.8, 4) is 0 Å². The molecular weight excluding hydrogens is 194 g/mol. The van der Waals surface area contributed by atoms with Gasteiger partial charge in [0.25, 0.3) is 0 Å². The highest BCUT2D eigenvalue weighted by atomic mass is 32.2. The van der Waals surface area contributed by atoms with Crippen molar-refractivity contribution in [3.63, 3.8) is 0 Å². The molecule has 0 radical (unpaired) electrons. The van der Waals surface area contributed by atoms with Crippen molar-refractivity contribution >= 4 is 54.8 Å². The first-order valence-corrected chi connectivity index (χ1v) is 3.68. The molecule has 0 N–H and O–H groups in total. The highest BCUT2D eigenvalue weighted by Crippen LogP contribution is 2.02. The summed E-state index contributed by atoms with van der Waals surface area (Å²) in [5, 5.41) is 0. The smallest absolute Gasteiger partial charge is 0.429 e. The largest absolute Gasteiger partial charge is 0.448 e. The van der Waals surface area contributed by atoms with Gasteiger partial charge >= 0.3 is 29.1 Å². The van der Waals surface area contributed by atoms with Crippen LogP contribution in [0, 0.1) is 5.92 Å². The first-order chi connectivity index (χ1) is 4.54. The van der Waals surface area contributed by atoms with Crippen molar-refractivity contribution in [2.24, 2.45) is 5.92 Å². The molecule has 0 rings (SSSR count). The average molecular weight is 208 g/mol. The molecular formula is C5H13MgNO2S2. The second-order valence-corrected chi connectivity index (χ2v) is 3.38. The summed E-state index contributed by atoms with van der Waals surface area (Å²) in [4.78, 5) is 10.6. The van der Waals surface area contributed by atoms with Crippen LogP contribution in [0.1, 0.15) is 13.8 Å². The molecule has 0 aliphatic carbocycles. The van der Waals surface area contributed by atoms with Gasteiger partial charge in [0.05, 0.1) is 6.61 Å². The molecule has 0 aromatic rings. The highest BCUT2D eigenvalue weighted by Gasteiger charge is 2.06.